The Balaban J connectivity index is 2.25. The summed E-state index contributed by atoms with van der Waals surface area (Å²) in [6.07, 6.45) is 4.94. The number of allylic oxidation sites excluding steroid dienone is 2. The van der Waals surface area contributed by atoms with Crippen LogP contribution in [-0.4, -0.2) is 18.4 Å². The average Bonchev–Trinajstić information content (AvgIpc) is 2.20. The molecule has 1 aliphatic heterocycles. The number of aliphatic imine (C=N–C) groups is 1. The van der Waals surface area contributed by atoms with E-state index in [1.54, 1.807) is 0 Å². The number of carbonyl (C=O) groups excluding carboxylic acids is 1. The number of fused-ring (bicyclic) bond motifs is 1. The van der Waals surface area contributed by atoms with Crippen LogP contribution in [0.15, 0.2) is 16.6 Å². The Kier molecular flexibility index (Phi) is 2.89. The Morgan fingerprint density at radius 2 is 2.33 bits per heavy atom. The second kappa shape index (κ2) is 4.17. The largest absolute Gasteiger partial charge is 0.481 e. The van der Waals surface area contributed by atoms with Crippen molar-refractivity contribution in [1.29, 1.82) is 0 Å². The van der Waals surface area contributed by atoms with E-state index in [0.29, 0.717) is 30.8 Å². The zero-order valence-corrected chi connectivity index (χ0v) is 9.32. The van der Waals surface area contributed by atoms with Crippen LogP contribution in [0.3, 0.4) is 0 Å². The molecule has 0 fully saturated rings. The molecule has 0 radical (unpaired) electrons. The van der Waals surface area contributed by atoms with E-state index in [-0.39, 0.29) is 5.91 Å². The molecule has 0 spiro atoms. The van der Waals surface area contributed by atoms with Gasteiger partial charge in [-0.15, -0.1) is 0 Å². The monoisotopic (exact) mass is 207 g/mol. The van der Waals surface area contributed by atoms with Crippen LogP contribution in [0, 0.1) is 11.8 Å². The summed E-state index contributed by atoms with van der Waals surface area (Å²) in [6.45, 7) is 4.64. The van der Waals surface area contributed by atoms with Gasteiger partial charge in [-0.2, -0.15) is 4.99 Å². The summed E-state index contributed by atoms with van der Waals surface area (Å²) in [5, 5.41) is 0. The minimum absolute atomic E-state index is 0.0330. The number of rotatable bonds is 1. The van der Waals surface area contributed by atoms with Crippen molar-refractivity contribution in [1.82, 2.24) is 0 Å². The maximum atomic E-state index is 11.5. The van der Waals surface area contributed by atoms with Crippen molar-refractivity contribution in [3.05, 3.63) is 11.6 Å². The lowest BCUT2D eigenvalue weighted by Crippen LogP contribution is -2.35. The van der Waals surface area contributed by atoms with Crippen molar-refractivity contribution in [3.8, 4) is 0 Å². The van der Waals surface area contributed by atoms with E-state index in [4.69, 9.17) is 4.74 Å². The Morgan fingerprint density at radius 1 is 1.53 bits per heavy atom. The second-order valence-electron chi connectivity index (χ2n) is 4.22. The molecule has 0 aromatic rings. The first kappa shape index (κ1) is 10.4. The van der Waals surface area contributed by atoms with E-state index in [2.05, 4.69) is 18.0 Å². The maximum absolute atomic E-state index is 11.5. The highest BCUT2D eigenvalue weighted by molar-refractivity contribution is 5.96. The van der Waals surface area contributed by atoms with Crippen molar-refractivity contribution in [2.24, 2.45) is 16.8 Å². The molecule has 1 heterocycles. The van der Waals surface area contributed by atoms with Gasteiger partial charge in [0.25, 0.3) is 0 Å². The zero-order valence-electron chi connectivity index (χ0n) is 9.32. The molecule has 0 bridgehead atoms. The molecule has 0 aromatic carbocycles. The first-order chi connectivity index (χ1) is 7.22. The molecule has 82 valence electrons. The zero-order chi connectivity index (χ0) is 10.8. The molecule has 1 amide bonds. The third kappa shape index (κ3) is 1.96. The maximum Gasteiger partial charge on any atom is 0.249 e. The minimum Gasteiger partial charge on any atom is -0.481 e. The lowest BCUT2D eigenvalue weighted by Gasteiger charge is -2.33. The van der Waals surface area contributed by atoms with Crippen molar-refractivity contribution in [3.63, 3.8) is 0 Å². The van der Waals surface area contributed by atoms with Gasteiger partial charge >= 0.3 is 0 Å². The van der Waals surface area contributed by atoms with E-state index in [1.165, 1.54) is 5.57 Å². The molecule has 3 nitrogen and oxygen atoms in total. The van der Waals surface area contributed by atoms with E-state index in [9.17, 15) is 4.79 Å². The number of carbonyl (C=O) groups is 1. The van der Waals surface area contributed by atoms with Gasteiger partial charge in [0.05, 0.1) is 6.61 Å². The molecular formula is C12H17NO2. The third-order valence-corrected chi connectivity index (χ3v) is 3.25. The van der Waals surface area contributed by atoms with E-state index in [1.807, 2.05) is 6.92 Å². The molecule has 1 aliphatic carbocycles. The molecule has 0 unspecified atom stereocenters. The molecule has 0 saturated heterocycles. The Hall–Kier alpha value is -1.12. The molecule has 15 heavy (non-hydrogen) atoms. The van der Waals surface area contributed by atoms with E-state index < -0.39 is 0 Å². The number of hydrogen-bond acceptors (Lipinski definition) is 2. The van der Waals surface area contributed by atoms with Gasteiger partial charge < -0.3 is 4.74 Å². The predicted molar refractivity (Wildman–Crippen MR) is 58.7 cm³/mol. The minimum atomic E-state index is -0.0330. The predicted octanol–water partition coefficient (Wildman–Crippen LogP) is 2.32. The van der Waals surface area contributed by atoms with Gasteiger partial charge in [0, 0.05) is 12.3 Å². The van der Waals surface area contributed by atoms with Crippen LogP contribution in [-0.2, 0) is 9.53 Å². The van der Waals surface area contributed by atoms with Crippen LogP contribution in [0.25, 0.3) is 0 Å². The van der Waals surface area contributed by atoms with Gasteiger partial charge in [-0.1, -0.05) is 11.6 Å². The lowest BCUT2D eigenvalue weighted by atomic mass is 9.75. The smallest absolute Gasteiger partial charge is 0.249 e. The molecule has 2 rings (SSSR count). The van der Waals surface area contributed by atoms with Gasteiger partial charge in [0.2, 0.25) is 5.91 Å². The number of hydrogen-bond donors (Lipinski definition) is 0. The molecule has 2 aliphatic rings. The average molecular weight is 207 g/mol. The van der Waals surface area contributed by atoms with Gasteiger partial charge in [0.1, 0.15) is 0 Å². The fourth-order valence-electron chi connectivity index (χ4n) is 2.49. The quantitative estimate of drug-likeness (QED) is 0.619. The van der Waals surface area contributed by atoms with Crippen molar-refractivity contribution in [2.75, 3.05) is 6.61 Å². The summed E-state index contributed by atoms with van der Waals surface area (Å²) < 4.78 is 5.47. The highest BCUT2D eigenvalue weighted by Crippen LogP contribution is 2.36. The summed E-state index contributed by atoms with van der Waals surface area (Å²) >= 11 is 0. The van der Waals surface area contributed by atoms with Crippen LogP contribution in [0.4, 0.5) is 0 Å². The topological polar surface area (TPSA) is 38.7 Å². The molecule has 0 aromatic heterocycles. The van der Waals surface area contributed by atoms with Crippen LogP contribution >= 0.6 is 0 Å². The normalized spacial score (nSPS) is 30.4. The Bertz CT molecular complexity index is 331. The summed E-state index contributed by atoms with van der Waals surface area (Å²) in [5.41, 5.74) is 1.33. The first-order valence-corrected chi connectivity index (χ1v) is 5.63. The van der Waals surface area contributed by atoms with Gasteiger partial charge in [-0.25, -0.2) is 0 Å². The number of nitrogens with zero attached hydrogens (tertiary/aromatic N) is 1. The van der Waals surface area contributed by atoms with Crippen LogP contribution < -0.4 is 0 Å². The van der Waals surface area contributed by atoms with Gasteiger partial charge in [-0.3, -0.25) is 4.79 Å². The van der Waals surface area contributed by atoms with Crippen LogP contribution in [0.1, 0.15) is 33.1 Å². The lowest BCUT2D eigenvalue weighted by molar-refractivity contribution is -0.119. The first-order valence-electron chi connectivity index (χ1n) is 5.63. The SMILES string of the molecule is CCOC1=NC(=O)C[C@@H]2C(C)=CCC[C@@H]12. The Labute approximate surface area is 90.2 Å². The van der Waals surface area contributed by atoms with Crippen LogP contribution in [0.5, 0.6) is 0 Å². The molecule has 3 heteroatoms. The summed E-state index contributed by atoms with van der Waals surface area (Å²) in [5.74, 6) is 1.32. The van der Waals surface area contributed by atoms with E-state index >= 15 is 0 Å². The summed E-state index contributed by atoms with van der Waals surface area (Å²) in [4.78, 5) is 15.5. The standard InChI is InChI=1S/C12H17NO2/c1-3-15-12-9-6-4-5-8(2)10(9)7-11(14)13-12/h5,9-10H,3-4,6-7H2,1-2H3/t9-,10-/m1/s1. The fraction of sp³-hybridized carbons (Fsp3) is 0.667. The number of amides is 1. The van der Waals surface area contributed by atoms with Crippen LogP contribution in [0.2, 0.25) is 0 Å². The van der Waals surface area contributed by atoms with E-state index in [0.717, 1.165) is 12.8 Å². The van der Waals surface area contributed by atoms with Gasteiger partial charge in [0.15, 0.2) is 5.90 Å². The number of ether oxygens (including phenoxy) is 1. The van der Waals surface area contributed by atoms with Gasteiger partial charge in [-0.05, 0) is 32.6 Å². The summed E-state index contributed by atoms with van der Waals surface area (Å²) in [6, 6.07) is 0. The van der Waals surface area contributed by atoms with Crippen molar-refractivity contribution >= 4 is 11.8 Å². The highest BCUT2D eigenvalue weighted by Gasteiger charge is 2.36. The summed E-state index contributed by atoms with van der Waals surface area (Å²) in [7, 11) is 0. The van der Waals surface area contributed by atoms with Crippen molar-refractivity contribution in [2.45, 2.75) is 33.1 Å². The highest BCUT2D eigenvalue weighted by atomic mass is 16.5. The fourth-order valence-corrected chi connectivity index (χ4v) is 2.49. The van der Waals surface area contributed by atoms with Crippen molar-refractivity contribution < 1.29 is 9.53 Å². The third-order valence-electron chi connectivity index (χ3n) is 3.25. The molecular weight excluding hydrogens is 190 g/mol. The molecule has 0 N–H and O–H groups in total. The Morgan fingerprint density at radius 3 is 3.07 bits per heavy atom. The molecule has 2 atom stereocenters. The second-order valence-corrected chi connectivity index (χ2v) is 4.22. The molecule has 0 saturated carbocycles.